The van der Waals surface area contributed by atoms with Crippen molar-refractivity contribution in [3.8, 4) is 11.5 Å². The van der Waals surface area contributed by atoms with Crippen LogP contribution >= 0.6 is 27.3 Å². The monoisotopic (exact) mass is 694 g/mol. The number of rotatable bonds is 10. The minimum Gasteiger partial charge on any atom is -0.494 e. The zero-order chi connectivity index (χ0) is 32.0. The number of thiazole rings is 1. The number of carbonyl (C=O) groups is 1. The summed E-state index contributed by atoms with van der Waals surface area (Å²) in [5.41, 5.74) is 3.75. The van der Waals surface area contributed by atoms with Crippen LogP contribution in [0.15, 0.2) is 123 Å². The topological polar surface area (TPSA) is 79.1 Å². The second-order valence-corrected chi connectivity index (χ2v) is 12.3. The molecule has 1 aromatic heterocycles. The molecule has 5 aromatic rings. The van der Waals surface area contributed by atoms with Crippen molar-refractivity contribution in [2.24, 2.45) is 4.99 Å². The molecule has 1 aliphatic rings. The summed E-state index contributed by atoms with van der Waals surface area (Å²) in [5.74, 6) is 0.807. The lowest BCUT2D eigenvalue weighted by atomic mass is 9.93. The van der Waals surface area contributed by atoms with Gasteiger partial charge in [0.15, 0.2) is 4.80 Å². The van der Waals surface area contributed by atoms with E-state index in [0.29, 0.717) is 45.3 Å². The van der Waals surface area contributed by atoms with Gasteiger partial charge >= 0.3 is 5.97 Å². The third-order valence-corrected chi connectivity index (χ3v) is 8.85. The molecule has 0 fully saturated rings. The Balaban J connectivity index is 1.54. The number of esters is 1. The average Bonchev–Trinajstić information content (AvgIpc) is 3.39. The summed E-state index contributed by atoms with van der Waals surface area (Å²) in [6.07, 6.45) is 1.82. The standard InChI is InChI=1S/C37H31BrN2O5S/c1-3-43-29-18-15-26(16-19-29)34-32(36(42)44-4-2)33(25-13-9-6-10-14-25)39-37-40(34)35(41)31(46-37)22-27-21-28(38)17-20-30(27)45-23-24-11-7-5-8-12-24/h5-22,34H,3-4,23H2,1-2H3/b31-22-/t34-/m1/s1. The van der Waals surface area contributed by atoms with Gasteiger partial charge in [-0.3, -0.25) is 9.36 Å². The molecule has 0 spiro atoms. The molecule has 0 amide bonds. The molecule has 2 heterocycles. The normalized spacial score (nSPS) is 14.4. The summed E-state index contributed by atoms with van der Waals surface area (Å²) in [6, 6.07) is 31.8. The van der Waals surface area contributed by atoms with Crippen molar-refractivity contribution in [3.63, 3.8) is 0 Å². The first-order valence-electron chi connectivity index (χ1n) is 14.9. The van der Waals surface area contributed by atoms with Crippen LogP contribution in [0.25, 0.3) is 11.8 Å². The molecule has 9 heteroatoms. The van der Waals surface area contributed by atoms with E-state index in [9.17, 15) is 9.59 Å². The number of benzene rings is 4. The predicted octanol–water partition coefficient (Wildman–Crippen LogP) is 6.68. The van der Waals surface area contributed by atoms with E-state index in [0.717, 1.165) is 26.7 Å². The quantitative estimate of drug-likeness (QED) is 0.153. The summed E-state index contributed by atoms with van der Waals surface area (Å²) in [4.78, 5) is 33.5. The van der Waals surface area contributed by atoms with Gasteiger partial charge in [-0.1, -0.05) is 100 Å². The molecule has 0 saturated carbocycles. The van der Waals surface area contributed by atoms with Gasteiger partial charge in [0.1, 0.15) is 18.1 Å². The molecule has 0 saturated heterocycles. The largest absolute Gasteiger partial charge is 0.494 e. The van der Waals surface area contributed by atoms with Gasteiger partial charge < -0.3 is 14.2 Å². The van der Waals surface area contributed by atoms with E-state index in [1.165, 1.54) is 11.3 Å². The molecule has 0 bridgehead atoms. The molecule has 1 aliphatic heterocycles. The van der Waals surface area contributed by atoms with Crippen molar-refractivity contribution < 1.29 is 19.0 Å². The molecule has 0 radical (unpaired) electrons. The first-order valence-corrected chi connectivity index (χ1v) is 16.5. The third kappa shape index (κ3) is 6.61. The Kier molecular flexibility index (Phi) is 9.61. The Labute approximate surface area is 278 Å². The number of nitrogens with zero attached hydrogens (tertiary/aromatic N) is 2. The lowest BCUT2D eigenvalue weighted by Crippen LogP contribution is -2.40. The number of hydrogen-bond acceptors (Lipinski definition) is 7. The molecule has 0 aliphatic carbocycles. The summed E-state index contributed by atoms with van der Waals surface area (Å²) in [6.45, 7) is 4.76. The van der Waals surface area contributed by atoms with Crippen LogP contribution in [0.4, 0.5) is 0 Å². The fourth-order valence-electron chi connectivity index (χ4n) is 5.31. The molecule has 46 heavy (non-hydrogen) atoms. The maximum absolute atomic E-state index is 14.3. The first kappa shape index (κ1) is 31.3. The van der Waals surface area contributed by atoms with E-state index in [2.05, 4.69) is 15.9 Å². The minimum absolute atomic E-state index is 0.180. The molecule has 0 N–H and O–H groups in total. The van der Waals surface area contributed by atoms with Crippen LogP contribution < -0.4 is 24.4 Å². The highest BCUT2D eigenvalue weighted by molar-refractivity contribution is 9.10. The highest BCUT2D eigenvalue weighted by atomic mass is 79.9. The van der Waals surface area contributed by atoms with E-state index in [1.807, 2.05) is 116 Å². The average molecular weight is 696 g/mol. The van der Waals surface area contributed by atoms with Gasteiger partial charge in [0.05, 0.1) is 35.1 Å². The fourth-order valence-corrected chi connectivity index (χ4v) is 6.68. The number of carbonyl (C=O) groups excluding carboxylic acids is 1. The van der Waals surface area contributed by atoms with Crippen molar-refractivity contribution in [1.29, 1.82) is 0 Å². The van der Waals surface area contributed by atoms with Crippen molar-refractivity contribution in [2.45, 2.75) is 26.5 Å². The van der Waals surface area contributed by atoms with E-state index >= 15 is 0 Å². The Morgan fingerprint density at radius 1 is 0.913 bits per heavy atom. The molecule has 0 unspecified atom stereocenters. The second kappa shape index (κ2) is 14.1. The van der Waals surface area contributed by atoms with Crippen LogP contribution in [0, 0.1) is 0 Å². The molecule has 4 aromatic carbocycles. The number of fused-ring (bicyclic) bond motifs is 1. The van der Waals surface area contributed by atoms with Crippen molar-refractivity contribution in [1.82, 2.24) is 4.57 Å². The molecule has 7 nitrogen and oxygen atoms in total. The highest BCUT2D eigenvalue weighted by Gasteiger charge is 2.35. The number of hydrogen-bond donors (Lipinski definition) is 0. The van der Waals surface area contributed by atoms with Gasteiger partial charge in [-0.15, -0.1) is 0 Å². The van der Waals surface area contributed by atoms with Gasteiger partial charge in [-0.2, -0.15) is 0 Å². The Hall–Kier alpha value is -4.73. The zero-order valence-corrected chi connectivity index (χ0v) is 27.7. The maximum Gasteiger partial charge on any atom is 0.338 e. The van der Waals surface area contributed by atoms with E-state index in [4.69, 9.17) is 19.2 Å². The second-order valence-electron chi connectivity index (χ2n) is 10.4. The van der Waals surface area contributed by atoms with E-state index in [1.54, 1.807) is 11.5 Å². The van der Waals surface area contributed by atoms with Gasteiger partial charge in [-0.25, -0.2) is 9.79 Å². The van der Waals surface area contributed by atoms with Crippen molar-refractivity contribution in [2.75, 3.05) is 13.2 Å². The summed E-state index contributed by atoms with van der Waals surface area (Å²) < 4.78 is 20.3. The minimum atomic E-state index is -0.778. The fraction of sp³-hybridized carbons (Fsp3) is 0.162. The SMILES string of the molecule is CCOC(=O)C1=C(c2ccccc2)N=c2s/c(=C\c3cc(Br)ccc3OCc3ccccc3)c(=O)n2[C@@H]1c1ccc(OCC)cc1. The summed E-state index contributed by atoms with van der Waals surface area (Å²) in [7, 11) is 0. The molecule has 1 atom stereocenters. The number of ether oxygens (including phenoxy) is 3. The van der Waals surface area contributed by atoms with Crippen LogP contribution in [0.3, 0.4) is 0 Å². The van der Waals surface area contributed by atoms with Crippen LogP contribution in [0.2, 0.25) is 0 Å². The van der Waals surface area contributed by atoms with Crippen LogP contribution in [0.1, 0.15) is 42.1 Å². The first-order chi connectivity index (χ1) is 22.5. The van der Waals surface area contributed by atoms with Gasteiger partial charge in [0.25, 0.3) is 5.56 Å². The highest BCUT2D eigenvalue weighted by Crippen LogP contribution is 2.36. The van der Waals surface area contributed by atoms with Gasteiger partial charge in [-0.05, 0) is 61.4 Å². The lowest BCUT2D eigenvalue weighted by molar-refractivity contribution is -0.138. The molecule has 232 valence electrons. The van der Waals surface area contributed by atoms with Gasteiger partial charge in [0.2, 0.25) is 0 Å². The van der Waals surface area contributed by atoms with Crippen molar-refractivity contribution in [3.05, 3.63) is 155 Å². The summed E-state index contributed by atoms with van der Waals surface area (Å²) in [5, 5.41) is 0. The Morgan fingerprint density at radius 2 is 1.63 bits per heavy atom. The molecular formula is C37H31BrN2O5S. The van der Waals surface area contributed by atoms with Crippen molar-refractivity contribution >= 4 is 45.0 Å². The molecular weight excluding hydrogens is 664 g/mol. The Morgan fingerprint density at radius 3 is 2.33 bits per heavy atom. The van der Waals surface area contributed by atoms with E-state index in [-0.39, 0.29) is 12.2 Å². The number of aromatic nitrogens is 1. The van der Waals surface area contributed by atoms with Crippen LogP contribution in [-0.4, -0.2) is 23.8 Å². The van der Waals surface area contributed by atoms with Crippen LogP contribution in [0.5, 0.6) is 11.5 Å². The predicted molar refractivity (Wildman–Crippen MR) is 184 cm³/mol. The molecule has 6 rings (SSSR count). The summed E-state index contributed by atoms with van der Waals surface area (Å²) >= 11 is 4.84. The Bertz CT molecular complexity index is 2070. The maximum atomic E-state index is 14.3. The zero-order valence-electron chi connectivity index (χ0n) is 25.3. The lowest BCUT2D eigenvalue weighted by Gasteiger charge is -2.26. The van der Waals surface area contributed by atoms with Crippen LogP contribution in [-0.2, 0) is 16.1 Å². The number of halogens is 1. The third-order valence-electron chi connectivity index (χ3n) is 7.38. The van der Waals surface area contributed by atoms with Gasteiger partial charge in [0, 0.05) is 15.6 Å². The van der Waals surface area contributed by atoms with E-state index < -0.39 is 12.0 Å². The smallest absolute Gasteiger partial charge is 0.338 e.